The molecule has 0 saturated carbocycles. The average Bonchev–Trinajstić information content (AvgIpc) is 3.75. The Hall–Kier alpha value is -7.88. The lowest BCUT2D eigenvalue weighted by molar-refractivity contribution is 0.970. The molecule has 2 heterocycles. The first kappa shape index (κ1) is 37.8. The fraction of sp³-hybridized carbons (Fsp3) is 0.0820. The van der Waals surface area contributed by atoms with Gasteiger partial charge in [0.2, 0.25) is 0 Å². The molecule has 0 spiro atoms. The first-order valence-electron chi connectivity index (χ1n) is 22.4. The van der Waals surface area contributed by atoms with E-state index in [9.17, 15) is 0 Å². The van der Waals surface area contributed by atoms with E-state index >= 15 is 0 Å². The Morgan fingerprint density at radius 1 is 0.344 bits per heavy atom. The number of fused-ring (bicyclic) bond motifs is 4. The third kappa shape index (κ3) is 5.81. The van der Waals surface area contributed by atoms with Crippen molar-refractivity contribution in [1.29, 1.82) is 0 Å². The van der Waals surface area contributed by atoms with Gasteiger partial charge in [-0.15, -0.1) is 0 Å². The maximum absolute atomic E-state index is 2.50. The molecule has 3 nitrogen and oxygen atoms in total. The summed E-state index contributed by atoms with van der Waals surface area (Å²) in [4.78, 5) is 2.32. The molecule has 0 N–H and O–H groups in total. The van der Waals surface area contributed by atoms with E-state index < -0.39 is 0 Å². The Bertz CT molecular complexity index is 3330. The van der Waals surface area contributed by atoms with E-state index in [0.29, 0.717) is 0 Å². The largest absolute Gasteiger partial charge is 0.313 e. The molecule has 306 valence electrons. The molecule has 64 heavy (non-hydrogen) atoms. The van der Waals surface area contributed by atoms with Gasteiger partial charge in [0.25, 0.3) is 0 Å². The number of nitrogens with zero attached hydrogens (tertiary/aromatic N) is 3. The molecule has 3 heteroatoms. The zero-order valence-corrected chi connectivity index (χ0v) is 36.5. The fourth-order valence-electron chi connectivity index (χ4n) is 10.7. The molecule has 0 fully saturated rings. The van der Waals surface area contributed by atoms with Gasteiger partial charge in [-0.1, -0.05) is 133 Å². The van der Waals surface area contributed by atoms with E-state index in [0.717, 1.165) is 22.7 Å². The number of aryl methyl sites for hydroxylation is 2. The zero-order valence-electron chi connectivity index (χ0n) is 36.5. The van der Waals surface area contributed by atoms with Gasteiger partial charge in [0.1, 0.15) is 0 Å². The van der Waals surface area contributed by atoms with Crippen LogP contribution in [0.3, 0.4) is 0 Å². The van der Waals surface area contributed by atoms with E-state index in [1.807, 2.05) is 0 Å². The molecule has 0 unspecified atom stereocenters. The van der Waals surface area contributed by atoms with Gasteiger partial charge in [-0.05, 0) is 150 Å². The normalized spacial score (nSPS) is 11.9. The number of anilines is 3. The second-order valence-corrected chi connectivity index (χ2v) is 17.4. The summed E-state index contributed by atoms with van der Waals surface area (Å²) in [5.41, 5.74) is 17.3. The quantitative estimate of drug-likeness (QED) is 0.110. The number of benzene rings is 10. The summed E-state index contributed by atoms with van der Waals surface area (Å²) < 4.78 is 4.99. The summed E-state index contributed by atoms with van der Waals surface area (Å²) in [6.07, 6.45) is 0. The van der Waals surface area contributed by atoms with Gasteiger partial charge < -0.3 is 14.0 Å². The van der Waals surface area contributed by atoms with Crippen LogP contribution in [0.15, 0.2) is 206 Å². The topological polar surface area (TPSA) is 13.1 Å². The van der Waals surface area contributed by atoms with Gasteiger partial charge in [-0.3, -0.25) is 0 Å². The third-order valence-corrected chi connectivity index (χ3v) is 14.0. The van der Waals surface area contributed by atoms with Crippen molar-refractivity contribution in [2.45, 2.75) is 33.6 Å². The molecule has 0 saturated heterocycles. The SMILES string of the molecule is Cc1c(C)n(-c2ccc(C(c3ccccc3)c3ccccc3)cc2)c2c1cc1ccc3c4c(ccc2c14)cc1c(C)c(C)n(-c2ccc(N(c4ccccc4)c4ccccc4)cc2)c13. The van der Waals surface area contributed by atoms with Gasteiger partial charge in [-0.25, -0.2) is 0 Å². The molecule has 0 aliphatic rings. The first-order valence-corrected chi connectivity index (χ1v) is 22.4. The lowest BCUT2D eigenvalue weighted by atomic mass is 9.85. The number of aromatic nitrogens is 2. The molecule has 0 atom stereocenters. The highest BCUT2D eigenvalue weighted by molar-refractivity contribution is 6.33. The average molecular weight is 822 g/mol. The molecular formula is C61H47N3. The van der Waals surface area contributed by atoms with Crippen molar-refractivity contribution >= 4 is 71.2 Å². The minimum Gasteiger partial charge on any atom is -0.313 e. The Balaban J connectivity index is 1.02. The van der Waals surface area contributed by atoms with Crippen molar-refractivity contribution in [3.05, 3.63) is 245 Å². The maximum Gasteiger partial charge on any atom is 0.0613 e. The fourth-order valence-corrected chi connectivity index (χ4v) is 10.7. The summed E-state index contributed by atoms with van der Waals surface area (Å²) in [7, 11) is 0. The lowest BCUT2D eigenvalue weighted by Crippen LogP contribution is -2.09. The van der Waals surface area contributed by atoms with E-state index in [4.69, 9.17) is 0 Å². The second-order valence-electron chi connectivity index (χ2n) is 17.4. The van der Waals surface area contributed by atoms with Crippen molar-refractivity contribution in [2.75, 3.05) is 4.90 Å². The Morgan fingerprint density at radius 3 is 1.12 bits per heavy atom. The van der Waals surface area contributed by atoms with Crippen LogP contribution in [0, 0.1) is 27.7 Å². The Kier molecular flexibility index (Phi) is 8.81. The summed E-state index contributed by atoms with van der Waals surface area (Å²) in [5, 5.41) is 10.4. The number of hydrogen-bond donors (Lipinski definition) is 0. The third-order valence-electron chi connectivity index (χ3n) is 14.0. The van der Waals surface area contributed by atoms with Crippen LogP contribution in [0.25, 0.3) is 65.5 Å². The zero-order chi connectivity index (χ0) is 43.1. The predicted molar refractivity (Wildman–Crippen MR) is 271 cm³/mol. The van der Waals surface area contributed by atoms with Crippen molar-refractivity contribution < 1.29 is 0 Å². The molecule has 12 aromatic rings. The predicted octanol–water partition coefficient (Wildman–Crippen LogP) is 16.4. The molecule has 2 aromatic heterocycles. The van der Waals surface area contributed by atoms with Crippen LogP contribution in [-0.4, -0.2) is 9.13 Å². The van der Waals surface area contributed by atoms with Crippen LogP contribution in [0.5, 0.6) is 0 Å². The van der Waals surface area contributed by atoms with Crippen molar-refractivity contribution in [2.24, 2.45) is 0 Å². The Labute approximate surface area is 374 Å². The monoisotopic (exact) mass is 821 g/mol. The second kappa shape index (κ2) is 14.9. The van der Waals surface area contributed by atoms with Crippen LogP contribution in [0.4, 0.5) is 17.1 Å². The number of rotatable bonds is 8. The van der Waals surface area contributed by atoms with Crippen molar-refractivity contribution in [1.82, 2.24) is 9.13 Å². The smallest absolute Gasteiger partial charge is 0.0613 e. The molecule has 0 radical (unpaired) electrons. The standard InChI is InChI=1S/C61H47N3/c1-39-41(3)62(50-29-25-45(26-30-50)57(43-17-9-5-10-18-43)44-19-11-6-12-20-44)60-53-35-27-47-38-56-40(2)42(4)63(61(56)54-36-28-46(37-55(39)60)58(53)59(47)54)51-31-33-52(34-32-51)64(48-21-13-7-14-22-48)49-23-15-8-16-24-49/h5-38,57H,1-4H3. The van der Waals surface area contributed by atoms with Crippen molar-refractivity contribution in [3.8, 4) is 11.4 Å². The minimum atomic E-state index is 0.151. The first-order chi connectivity index (χ1) is 31.4. The summed E-state index contributed by atoms with van der Waals surface area (Å²) in [5.74, 6) is 0.151. The molecule has 10 aromatic carbocycles. The highest BCUT2D eigenvalue weighted by Crippen LogP contribution is 2.46. The van der Waals surface area contributed by atoms with Crippen LogP contribution in [0.2, 0.25) is 0 Å². The molecule has 12 rings (SSSR count). The van der Waals surface area contributed by atoms with E-state index in [2.05, 4.69) is 248 Å². The number of hydrogen-bond acceptors (Lipinski definition) is 1. The van der Waals surface area contributed by atoms with E-state index in [1.54, 1.807) is 0 Å². The van der Waals surface area contributed by atoms with Gasteiger partial charge >= 0.3 is 0 Å². The number of para-hydroxylation sites is 2. The molecule has 0 bridgehead atoms. The van der Waals surface area contributed by atoms with Crippen LogP contribution < -0.4 is 4.90 Å². The summed E-state index contributed by atoms with van der Waals surface area (Å²) >= 11 is 0. The molecule has 0 amide bonds. The molecular weight excluding hydrogens is 775 g/mol. The summed E-state index contributed by atoms with van der Waals surface area (Å²) in [6.45, 7) is 9.11. The maximum atomic E-state index is 2.50. The van der Waals surface area contributed by atoms with Gasteiger partial charge in [0.15, 0.2) is 0 Å². The van der Waals surface area contributed by atoms with Crippen LogP contribution in [0.1, 0.15) is 45.1 Å². The molecule has 0 aliphatic heterocycles. The highest BCUT2D eigenvalue weighted by Gasteiger charge is 2.24. The minimum absolute atomic E-state index is 0.151. The van der Waals surface area contributed by atoms with Crippen LogP contribution in [-0.2, 0) is 0 Å². The van der Waals surface area contributed by atoms with Gasteiger partial charge in [0, 0.05) is 67.3 Å². The van der Waals surface area contributed by atoms with Gasteiger partial charge in [-0.2, -0.15) is 0 Å². The van der Waals surface area contributed by atoms with Crippen LogP contribution >= 0.6 is 0 Å². The highest BCUT2D eigenvalue weighted by atomic mass is 15.1. The van der Waals surface area contributed by atoms with Gasteiger partial charge in [0.05, 0.1) is 11.0 Å². The summed E-state index contributed by atoms with van der Waals surface area (Å²) in [6, 6.07) is 75.8. The lowest BCUT2D eigenvalue weighted by Gasteiger charge is -2.25. The van der Waals surface area contributed by atoms with E-state index in [1.165, 1.54) is 99.0 Å². The molecule has 0 aliphatic carbocycles. The van der Waals surface area contributed by atoms with E-state index in [-0.39, 0.29) is 5.92 Å². The van der Waals surface area contributed by atoms with Crippen molar-refractivity contribution in [3.63, 3.8) is 0 Å². The Morgan fingerprint density at radius 2 is 0.703 bits per heavy atom.